The Labute approximate surface area is 185 Å². The fraction of sp³-hybridized carbons (Fsp3) is 0.182. The summed E-state index contributed by atoms with van der Waals surface area (Å²) in [7, 11) is 1.38. The van der Waals surface area contributed by atoms with E-state index < -0.39 is 70.8 Å². The van der Waals surface area contributed by atoms with Gasteiger partial charge in [0.15, 0.2) is 11.8 Å². The first-order valence-corrected chi connectivity index (χ1v) is 9.60. The van der Waals surface area contributed by atoms with Crippen molar-refractivity contribution in [2.24, 2.45) is 0 Å². The summed E-state index contributed by atoms with van der Waals surface area (Å²) in [5.74, 6) is -5.74. The number of carbonyl (C=O) groups excluding carboxylic acids is 3. The molecule has 0 spiro atoms. The maximum atomic E-state index is 14.4. The zero-order valence-electron chi connectivity index (χ0n) is 17.1. The van der Waals surface area contributed by atoms with Crippen molar-refractivity contribution in [3.8, 4) is 11.1 Å². The molecule has 2 unspecified atom stereocenters. The van der Waals surface area contributed by atoms with Gasteiger partial charge in [0.1, 0.15) is 17.5 Å². The molecular weight excluding hydrogens is 443 g/mol. The molecule has 1 aliphatic heterocycles. The van der Waals surface area contributed by atoms with E-state index in [2.05, 4.69) is 10.6 Å². The normalized spacial score (nSPS) is 16.5. The third kappa shape index (κ3) is 5.20. The number of nitrogens with one attached hydrogen (secondary N) is 2. The minimum Gasteiger partial charge on any atom is -0.481 e. The quantitative estimate of drug-likeness (QED) is 0.572. The van der Waals surface area contributed by atoms with Gasteiger partial charge in [-0.25, -0.2) is 18.0 Å². The summed E-state index contributed by atoms with van der Waals surface area (Å²) in [4.78, 5) is 48.9. The first kappa shape index (κ1) is 23.5. The van der Waals surface area contributed by atoms with Crippen molar-refractivity contribution >= 4 is 23.7 Å². The Morgan fingerprint density at radius 2 is 1.76 bits per heavy atom. The standard InChI is InChI=1S/C22H18F3N3O5/c1-28-8-7-17(29)20(21(28)32)27-22(33)26-16(10-18(30)31)11-5-6-13(23)12(9-11)19-14(24)3-2-4-15(19)25/h2-9,16,20H,10H2,1H3,(H,30,31)(H2,26,27,33). The van der Waals surface area contributed by atoms with Crippen LogP contribution in [0.2, 0.25) is 0 Å². The maximum Gasteiger partial charge on any atom is 0.316 e. The molecule has 0 bridgehead atoms. The molecule has 33 heavy (non-hydrogen) atoms. The number of rotatable bonds is 6. The van der Waals surface area contributed by atoms with Crippen molar-refractivity contribution in [2.75, 3.05) is 7.05 Å². The van der Waals surface area contributed by atoms with Crippen LogP contribution >= 0.6 is 0 Å². The summed E-state index contributed by atoms with van der Waals surface area (Å²) >= 11 is 0. The lowest BCUT2D eigenvalue weighted by Gasteiger charge is -2.25. The lowest BCUT2D eigenvalue weighted by atomic mass is 9.96. The second kappa shape index (κ2) is 9.55. The average Bonchev–Trinajstić information content (AvgIpc) is 2.74. The Bertz CT molecular complexity index is 1150. The average molecular weight is 461 g/mol. The highest BCUT2D eigenvalue weighted by molar-refractivity contribution is 6.14. The van der Waals surface area contributed by atoms with Gasteiger partial charge in [0.05, 0.1) is 18.0 Å². The summed E-state index contributed by atoms with van der Waals surface area (Å²) in [6.45, 7) is 0. The lowest BCUT2D eigenvalue weighted by molar-refractivity contribution is -0.138. The molecule has 0 saturated carbocycles. The van der Waals surface area contributed by atoms with Crippen molar-refractivity contribution < 1.29 is 37.5 Å². The molecule has 2 aromatic carbocycles. The van der Waals surface area contributed by atoms with Gasteiger partial charge in [0.2, 0.25) is 0 Å². The Balaban J connectivity index is 1.90. The molecule has 8 nitrogen and oxygen atoms in total. The van der Waals surface area contributed by atoms with Crippen LogP contribution < -0.4 is 10.6 Å². The third-order valence-electron chi connectivity index (χ3n) is 4.93. The van der Waals surface area contributed by atoms with Crippen LogP contribution in [0.5, 0.6) is 0 Å². The molecule has 0 fully saturated rings. The van der Waals surface area contributed by atoms with Gasteiger partial charge in [-0.1, -0.05) is 12.1 Å². The maximum absolute atomic E-state index is 14.4. The molecule has 3 rings (SSSR count). The smallest absolute Gasteiger partial charge is 0.316 e. The number of halogens is 3. The van der Waals surface area contributed by atoms with Crippen LogP contribution in [-0.2, 0) is 14.4 Å². The number of likely N-dealkylation sites (N-methyl/N-ethyl adjacent to an activating group) is 1. The number of carboxylic acid groups (broad SMARTS) is 1. The number of aliphatic carboxylic acids is 1. The monoisotopic (exact) mass is 461 g/mol. The van der Waals surface area contributed by atoms with Crippen molar-refractivity contribution in [2.45, 2.75) is 18.5 Å². The second-order valence-electron chi connectivity index (χ2n) is 7.20. The number of ketones is 1. The minimum atomic E-state index is -1.51. The first-order valence-electron chi connectivity index (χ1n) is 9.60. The Kier molecular flexibility index (Phi) is 6.80. The molecule has 2 aromatic rings. The molecule has 0 saturated heterocycles. The summed E-state index contributed by atoms with van der Waals surface area (Å²) in [6.07, 6.45) is 1.65. The van der Waals surface area contributed by atoms with E-state index in [0.29, 0.717) is 0 Å². The van der Waals surface area contributed by atoms with E-state index in [0.717, 1.165) is 47.4 Å². The van der Waals surface area contributed by atoms with Gasteiger partial charge in [-0.15, -0.1) is 0 Å². The number of nitrogens with zero attached hydrogens (tertiary/aromatic N) is 1. The van der Waals surface area contributed by atoms with Crippen molar-refractivity contribution in [3.63, 3.8) is 0 Å². The number of carbonyl (C=O) groups is 4. The molecular formula is C22H18F3N3O5. The molecule has 11 heteroatoms. The van der Waals surface area contributed by atoms with Crippen molar-refractivity contribution in [1.29, 1.82) is 0 Å². The number of hydrogen-bond donors (Lipinski definition) is 3. The van der Waals surface area contributed by atoms with Crippen LogP contribution in [0.4, 0.5) is 18.0 Å². The van der Waals surface area contributed by atoms with Crippen LogP contribution in [0.3, 0.4) is 0 Å². The summed E-state index contributed by atoms with van der Waals surface area (Å²) in [6, 6.07) is 2.22. The highest BCUT2D eigenvalue weighted by atomic mass is 19.1. The number of benzene rings is 2. The van der Waals surface area contributed by atoms with Crippen LogP contribution in [0.15, 0.2) is 48.7 Å². The van der Waals surface area contributed by atoms with Gasteiger partial charge >= 0.3 is 12.0 Å². The molecule has 1 aliphatic rings. The van der Waals surface area contributed by atoms with Crippen LogP contribution in [0, 0.1) is 17.5 Å². The van der Waals surface area contributed by atoms with E-state index in [1.165, 1.54) is 13.2 Å². The minimum absolute atomic E-state index is 0.0323. The number of hydrogen-bond acceptors (Lipinski definition) is 4. The summed E-state index contributed by atoms with van der Waals surface area (Å²) < 4.78 is 42.8. The molecule has 1 heterocycles. The van der Waals surface area contributed by atoms with E-state index in [9.17, 15) is 37.5 Å². The highest BCUT2D eigenvalue weighted by Gasteiger charge is 2.32. The SMILES string of the molecule is CN1C=CC(=O)C(NC(=O)NC(CC(=O)O)c2ccc(F)c(-c3c(F)cccc3F)c2)C1=O. The zero-order valence-corrected chi connectivity index (χ0v) is 17.1. The van der Waals surface area contributed by atoms with Crippen LogP contribution in [0.1, 0.15) is 18.0 Å². The molecule has 2 atom stereocenters. The summed E-state index contributed by atoms with van der Waals surface area (Å²) in [5, 5.41) is 13.7. The second-order valence-corrected chi connectivity index (χ2v) is 7.20. The van der Waals surface area contributed by atoms with E-state index in [1.807, 2.05) is 0 Å². The predicted molar refractivity (Wildman–Crippen MR) is 109 cm³/mol. The number of amides is 3. The Morgan fingerprint density at radius 1 is 1.09 bits per heavy atom. The van der Waals surface area contributed by atoms with E-state index in [4.69, 9.17) is 0 Å². The number of carboxylic acids is 1. The first-order chi connectivity index (χ1) is 15.6. The topological polar surface area (TPSA) is 116 Å². The predicted octanol–water partition coefficient (Wildman–Crippen LogP) is 2.51. The van der Waals surface area contributed by atoms with Crippen LogP contribution in [0.25, 0.3) is 11.1 Å². The lowest BCUT2D eigenvalue weighted by Crippen LogP contribution is -2.55. The van der Waals surface area contributed by atoms with Gasteiger partial charge < -0.3 is 20.6 Å². The van der Waals surface area contributed by atoms with Gasteiger partial charge in [-0.3, -0.25) is 14.4 Å². The largest absolute Gasteiger partial charge is 0.481 e. The van der Waals surface area contributed by atoms with Crippen LogP contribution in [-0.4, -0.2) is 46.8 Å². The van der Waals surface area contributed by atoms with Crippen molar-refractivity contribution in [3.05, 3.63) is 71.7 Å². The zero-order chi connectivity index (χ0) is 24.3. The Morgan fingerprint density at radius 3 is 2.39 bits per heavy atom. The number of urea groups is 1. The molecule has 0 radical (unpaired) electrons. The van der Waals surface area contributed by atoms with E-state index in [1.54, 1.807) is 0 Å². The molecule has 0 aliphatic carbocycles. The highest BCUT2D eigenvalue weighted by Crippen LogP contribution is 2.31. The van der Waals surface area contributed by atoms with Gasteiger partial charge in [0.25, 0.3) is 5.91 Å². The Hall–Kier alpha value is -4.15. The molecule has 172 valence electrons. The third-order valence-corrected chi connectivity index (χ3v) is 4.93. The molecule has 3 amide bonds. The molecule has 0 aromatic heterocycles. The van der Waals surface area contributed by atoms with E-state index in [-0.39, 0.29) is 5.56 Å². The fourth-order valence-corrected chi connectivity index (χ4v) is 3.28. The van der Waals surface area contributed by atoms with Crippen molar-refractivity contribution in [1.82, 2.24) is 15.5 Å². The molecule has 3 N–H and O–H groups in total. The summed E-state index contributed by atoms with van der Waals surface area (Å²) in [5.41, 5.74) is -1.08. The van der Waals surface area contributed by atoms with Gasteiger partial charge in [0, 0.05) is 24.9 Å². The fourth-order valence-electron chi connectivity index (χ4n) is 3.28. The van der Waals surface area contributed by atoms with E-state index >= 15 is 0 Å². The van der Waals surface area contributed by atoms with Gasteiger partial charge in [-0.05, 0) is 29.8 Å². The van der Waals surface area contributed by atoms with Gasteiger partial charge in [-0.2, -0.15) is 0 Å².